The monoisotopic (exact) mass is 426 g/mol. The molecule has 3 heterocycles. The fourth-order valence-electron chi connectivity index (χ4n) is 3.95. The molecule has 30 heavy (non-hydrogen) atoms. The van der Waals surface area contributed by atoms with Gasteiger partial charge in [0.25, 0.3) is 0 Å². The van der Waals surface area contributed by atoms with Crippen molar-refractivity contribution in [2.45, 2.75) is 37.1 Å². The SMILES string of the molecule is CCOC(=O)C1=CCN(Sc2ccc(-c3cnn(C4CCN(C)CC4)c3)cc2)CC1. The van der Waals surface area contributed by atoms with E-state index in [2.05, 4.69) is 56.5 Å². The lowest BCUT2D eigenvalue weighted by atomic mass is 10.1. The number of aromatic nitrogens is 2. The average Bonchev–Trinajstić information content (AvgIpc) is 3.26. The Morgan fingerprint density at radius 2 is 1.93 bits per heavy atom. The molecule has 2 aliphatic rings. The van der Waals surface area contributed by atoms with Gasteiger partial charge in [-0.15, -0.1) is 0 Å². The zero-order valence-electron chi connectivity index (χ0n) is 17.8. The predicted molar refractivity (Wildman–Crippen MR) is 120 cm³/mol. The molecule has 1 aromatic heterocycles. The molecule has 6 nitrogen and oxygen atoms in total. The van der Waals surface area contributed by atoms with Crippen LogP contribution in [0.15, 0.2) is 53.2 Å². The van der Waals surface area contributed by atoms with Crippen molar-refractivity contribution >= 4 is 17.9 Å². The van der Waals surface area contributed by atoms with Gasteiger partial charge < -0.3 is 9.64 Å². The number of carbonyl (C=O) groups is 1. The van der Waals surface area contributed by atoms with Gasteiger partial charge in [-0.25, -0.2) is 9.10 Å². The summed E-state index contributed by atoms with van der Waals surface area (Å²) in [6, 6.07) is 9.18. The van der Waals surface area contributed by atoms with Gasteiger partial charge in [0.15, 0.2) is 0 Å². The Bertz CT molecular complexity index is 885. The Balaban J connectivity index is 1.33. The van der Waals surface area contributed by atoms with E-state index in [1.54, 1.807) is 11.9 Å². The van der Waals surface area contributed by atoms with Crippen molar-refractivity contribution in [1.82, 2.24) is 19.0 Å². The minimum atomic E-state index is -0.174. The molecule has 4 rings (SSSR count). The van der Waals surface area contributed by atoms with E-state index in [1.165, 1.54) is 16.0 Å². The molecule has 0 aliphatic carbocycles. The minimum Gasteiger partial charge on any atom is -0.463 e. The normalized spacial score (nSPS) is 18.9. The maximum absolute atomic E-state index is 11.8. The zero-order valence-corrected chi connectivity index (χ0v) is 18.6. The number of esters is 1. The Hall–Kier alpha value is -2.09. The highest BCUT2D eigenvalue weighted by molar-refractivity contribution is 7.97. The molecule has 160 valence electrons. The van der Waals surface area contributed by atoms with Crippen molar-refractivity contribution < 1.29 is 9.53 Å². The highest BCUT2D eigenvalue weighted by Crippen LogP contribution is 2.29. The summed E-state index contributed by atoms with van der Waals surface area (Å²) in [5.74, 6) is -0.174. The number of piperidine rings is 1. The van der Waals surface area contributed by atoms with Gasteiger partial charge in [0, 0.05) is 35.3 Å². The van der Waals surface area contributed by atoms with Crippen molar-refractivity contribution in [2.75, 3.05) is 39.8 Å². The van der Waals surface area contributed by atoms with Gasteiger partial charge in [-0.05, 0) is 76.0 Å². The average molecular weight is 427 g/mol. The van der Waals surface area contributed by atoms with Crippen LogP contribution in [0.3, 0.4) is 0 Å². The van der Waals surface area contributed by atoms with E-state index < -0.39 is 0 Å². The lowest BCUT2D eigenvalue weighted by Crippen LogP contribution is -2.31. The van der Waals surface area contributed by atoms with E-state index in [0.717, 1.165) is 51.0 Å². The Labute approximate surface area is 183 Å². The molecule has 0 radical (unpaired) electrons. The van der Waals surface area contributed by atoms with Gasteiger partial charge in [0.2, 0.25) is 0 Å². The van der Waals surface area contributed by atoms with E-state index >= 15 is 0 Å². The summed E-state index contributed by atoms with van der Waals surface area (Å²) in [6.45, 7) is 6.15. The highest BCUT2D eigenvalue weighted by Gasteiger charge is 2.20. The molecule has 0 bridgehead atoms. The summed E-state index contributed by atoms with van der Waals surface area (Å²) in [7, 11) is 2.18. The molecule has 1 aromatic carbocycles. The van der Waals surface area contributed by atoms with Crippen LogP contribution < -0.4 is 0 Å². The van der Waals surface area contributed by atoms with Crippen LogP contribution in [0.5, 0.6) is 0 Å². The number of nitrogens with zero attached hydrogens (tertiary/aromatic N) is 4. The van der Waals surface area contributed by atoms with E-state index in [4.69, 9.17) is 4.74 Å². The molecular formula is C23H30N4O2S. The number of likely N-dealkylation sites (tertiary alicyclic amines) is 1. The van der Waals surface area contributed by atoms with Crippen LogP contribution >= 0.6 is 11.9 Å². The van der Waals surface area contributed by atoms with E-state index in [1.807, 2.05) is 19.2 Å². The van der Waals surface area contributed by atoms with E-state index in [-0.39, 0.29) is 5.97 Å². The standard InChI is InChI=1S/C23H30N4O2S/c1-3-29-23(28)19-8-14-26(15-9-19)30-22-6-4-18(5-7-22)20-16-24-27(17-20)21-10-12-25(2)13-11-21/h4-8,16-17,21H,3,9-15H2,1-2H3. The van der Waals surface area contributed by atoms with Crippen LogP contribution in [-0.2, 0) is 9.53 Å². The van der Waals surface area contributed by atoms with Crippen molar-refractivity contribution in [3.8, 4) is 11.1 Å². The summed E-state index contributed by atoms with van der Waals surface area (Å²) in [6.07, 6.45) is 9.21. The summed E-state index contributed by atoms with van der Waals surface area (Å²) < 4.78 is 9.51. The summed E-state index contributed by atoms with van der Waals surface area (Å²) in [5, 5.41) is 4.63. The molecule has 2 aromatic rings. The first-order valence-electron chi connectivity index (χ1n) is 10.7. The first kappa shape index (κ1) is 21.2. The quantitative estimate of drug-likeness (QED) is 0.514. The van der Waals surface area contributed by atoms with Crippen LogP contribution in [-0.4, -0.2) is 64.8 Å². The number of rotatable bonds is 6. The summed E-state index contributed by atoms with van der Waals surface area (Å²) in [4.78, 5) is 15.4. The molecule has 1 saturated heterocycles. The van der Waals surface area contributed by atoms with Crippen LogP contribution in [0.4, 0.5) is 0 Å². The molecule has 0 atom stereocenters. The third-order valence-electron chi connectivity index (χ3n) is 5.80. The fraction of sp³-hybridized carbons (Fsp3) is 0.478. The van der Waals surface area contributed by atoms with Crippen LogP contribution in [0.2, 0.25) is 0 Å². The number of hydrogen-bond acceptors (Lipinski definition) is 6. The first-order valence-corrected chi connectivity index (χ1v) is 11.5. The lowest BCUT2D eigenvalue weighted by Gasteiger charge is -2.28. The Morgan fingerprint density at radius 3 is 2.60 bits per heavy atom. The molecule has 0 N–H and O–H groups in total. The predicted octanol–water partition coefficient (Wildman–Crippen LogP) is 4.02. The molecule has 7 heteroatoms. The number of ether oxygens (including phenoxy) is 1. The summed E-state index contributed by atoms with van der Waals surface area (Å²) >= 11 is 1.73. The largest absolute Gasteiger partial charge is 0.463 e. The molecule has 0 spiro atoms. The molecule has 0 saturated carbocycles. The van der Waals surface area contributed by atoms with Crippen LogP contribution in [0.1, 0.15) is 32.2 Å². The fourth-order valence-corrected chi connectivity index (χ4v) is 4.83. The van der Waals surface area contributed by atoms with Crippen molar-refractivity contribution in [3.63, 3.8) is 0 Å². The van der Waals surface area contributed by atoms with Gasteiger partial charge >= 0.3 is 5.97 Å². The molecular weight excluding hydrogens is 396 g/mol. The van der Waals surface area contributed by atoms with Gasteiger partial charge in [-0.2, -0.15) is 5.10 Å². The second kappa shape index (κ2) is 9.81. The van der Waals surface area contributed by atoms with Crippen LogP contribution in [0.25, 0.3) is 11.1 Å². The second-order valence-electron chi connectivity index (χ2n) is 7.95. The van der Waals surface area contributed by atoms with Crippen molar-refractivity contribution in [1.29, 1.82) is 0 Å². The topological polar surface area (TPSA) is 50.6 Å². The van der Waals surface area contributed by atoms with E-state index in [9.17, 15) is 4.79 Å². The van der Waals surface area contributed by atoms with Crippen LogP contribution in [0, 0.1) is 0 Å². The van der Waals surface area contributed by atoms with Gasteiger partial charge in [-0.3, -0.25) is 4.68 Å². The first-order chi connectivity index (χ1) is 14.6. The third kappa shape index (κ3) is 5.14. The second-order valence-corrected chi connectivity index (χ2v) is 9.12. The van der Waals surface area contributed by atoms with Gasteiger partial charge in [-0.1, -0.05) is 18.2 Å². The maximum Gasteiger partial charge on any atom is 0.333 e. The van der Waals surface area contributed by atoms with Gasteiger partial charge in [0.05, 0.1) is 18.8 Å². The molecule has 2 aliphatic heterocycles. The molecule has 1 fully saturated rings. The number of benzene rings is 1. The third-order valence-corrected chi connectivity index (χ3v) is 6.87. The zero-order chi connectivity index (χ0) is 20.9. The molecule has 0 amide bonds. The summed E-state index contributed by atoms with van der Waals surface area (Å²) in [5.41, 5.74) is 3.16. The minimum absolute atomic E-state index is 0.174. The Morgan fingerprint density at radius 1 is 1.17 bits per heavy atom. The highest BCUT2D eigenvalue weighted by atomic mass is 32.2. The maximum atomic E-state index is 11.8. The van der Waals surface area contributed by atoms with Crippen molar-refractivity contribution in [3.05, 3.63) is 48.3 Å². The van der Waals surface area contributed by atoms with E-state index in [0.29, 0.717) is 12.6 Å². The van der Waals surface area contributed by atoms with Gasteiger partial charge in [0.1, 0.15) is 0 Å². The number of carbonyl (C=O) groups excluding carboxylic acids is 1. The van der Waals surface area contributed by atoms with Crippen molar-refractivity contribution in [2.24, 2.45) is 0 Å². The number of hydrogen-bond donors (Lipinski definition) is 0. The Kier molecular flexibility index (Phi) is 6.92. The molecule has 0 unspecified atom stereocenters. The lowest BCUT2D eigenvalue weighted by molar-refractivity contribution is -0.138. The smallest absolute Gasteiger partial charge is 0.333 e.